The number of anilines is 1. The number of aryl methyl sites for hydroxylation is 1. The molecule has 5 rings (SSSR count). The summed E-state index contributed by atoms with van der Waals surface area (Å²) in [5, 5.41) is 4.32. The normalized spacial score (nSPS) is 15.0. The fraction of sp³-hybridized carbons (Fsp3) is 0.107. The minimum absolute atomic E-state index is 0.0169. The Kier molecular flexibility index (Phi) is 6.59. The Balaban J connectivity index is 1.44. The van der Waals surface area contributed by atoms with E-state index in [4.69, 9.17) is 28.6 Å². The molecule has 1 aliphatic heterocycles. The first-order valence-corrected chi connectivity index (χ1v) is 12.1. The number of nitrogens with one attached hydrogen (secondary N) is 1. The highest BCUT2D eigenvalue weighted by molar-refractivity contribution is 7.80. The number of fused-ring (bicyclic) bond motifs is 1. The zero-order valence-corrected chi connectivity index (χ0v) is 21.0. The second kappa shape index (κ2) is 9.97. The molecule has 0 saturated carbocycles. The van der Waals surface area contributed by atoms with Gasteiger partial charge in [0.05, 0.1) is 12.2 Å². The number of carbonyl (C=O) groups excluding carboxylic acids is 2. The lowest BCUT2D eigenvalue weighted by molar-refractivity contribution is -0.122. The maximum atomic E-state index is 13.3. The molecular formula is C28H22ClN3O3S. The van der Waals surface area contributed by atoms with Crippen molar-refractivity contribution in [3.05, 3.63) is 101 Å². The van der Waals surface area contributed by atoms with Crippen molar-refractivity contribution >= 4 is 63.4 Å². The number of carbonyl (C=O) groups is 2. The summed E-state index contributed by atoms with van der Waals surface area (Å²) in [4.78, 5) is 27.5. The molecule has 1 fully saturated rings. The first-order valence-electron chi connectivity index (χ1n) is 11.4. The number of para-hydroxylation sites is 2. The van der Waals surface area contributed by atoms with Gasteiger partial charge in [-0.25, -0.2) is 0 Å². The molecule has 0 atom stereocenters. The number of thiocarbonyl (C=S) groups is 1. The zero-order chi connectivity index (χ0) is 25.2. The third-order valence-electron chi connectivity index (χ3n) is 5.97. The maximum absolute atomic E-state index is 13.3. The van der Waals surface area contributed by atoms with Gasteiger partial charge in [-0.2, -0.15) is 0 Å². The molecule has 1 N–H and O–H groups in total. The average Bonchev–Trinajstić information content (AvgIpc) is 3.22. The van der Waals surface area contributed by atoms with E-state index in [1.165, 1.54) is 4.90 Å². The van der Waals surface area contributed by atoms with Crippen LogP contribution in [0.2, 0.25) is 5.02 Å². The molecule has 180 valence electrons. The van der Waals surface area contributed by atoms with Crippen LogP contribution in [-0.4, -0.2) is 28.1 Å². The molecule has 4 aromatic rings. The lowest BCUT2D eigenvalue weighted by atomic mass is 10.1. The Bertz CT molecular complexity index is 1530. The van der Waals surface area contributed by atoms with Crippen LogP contribution in [0, 0.1) is 6.92 Å². The van der Waals surface area contributed by atoms with Gasteiger partial charge >= 0.3 is 0 Å². The Hall–Kier alpha value is -3.94. The average molecular weight is 516 g/mol. The molecule has 0 aliphatic carbocycles. The minimum Gasteiger partial charge on any atom is -0.492 e. The number of ether oxygens (including phenoxy) is 1. The summed E-state index contributed by atoms with van der Waals surface area (Å²) >= 11 is 11.4. The molecule has 6 nitrogen and oxygen atoms in total. The van der Waals surface area contributed by atoms with E-state index in [9.17, 15) is 9.59 Å². The summed E-state index contributed by atoms with van der Waals surface area (Å²) in [6, 6.07) is 22.4. The van der Waals surface area contributed by atoms with Gasteiger partial charge in [0.2, 0.25) is 0 Å². The molecule has 36 heavy (non-hydrogen) atoms. The second-order valence-corrected chi connectivity index (χ2v) is 9.14. The van der Waals surface area contributed by atoms with E-state index in [0.29, 0.717) is 23.9 Å². The van der Waals surface area contributed by atoms with Gasteiger partial charge < -0.3 is 9.30 Å². The molecule has 2 amide bonds. The highest BCUT2D eigenvalue weighted by Gasteiger charge is 2.34. The van der Waals surface area contributed by atoms with Crippen molar-refractivity contribution in [2.45, 2.75) is 13.5 Å². The number of halogens is 1. The van der Waals surface area contributed by atoms with Gasteiger partial charge in [0.25, 0.3) is 11.8 Å². The van der Waals surface area contributed by atoms with E-state index in [1.807, 2.05) is 73.8 Å². The largest absolute Gasteiger partial charge is 0.492 e. The van der Waals surface area contributed by atoms with E-state index in [1.54, 1.807) is 18.2 Å². The van der Waals surface area contributed by atoms with E-state index in [2.05, 4.69) is 9.88 Å². The minimum atomic E-state index is -0.518. The van der Waals surface area contributed by atoms with Crippen molar-refractivity contribution in [1.82, 2.24) is 9.88 Å². The van der Waals surface area contributed by atoms with E-state index < -0.39 is 11.8 Å². The maximum Gasteiger partial charge on any atom is 0.270 e. The van der Waals surface area contributed by atoms with E-state index in [-0.39, 0.29) is 10.7 Å². The lowest BCUT2D eigenvalue weighted by Crippen LogP contribution is -2.54. The fourth-order valence-electron chi connectivity index (χ4n) is 4.17. The van der Waals surface area contributed by atoms with E-state index >= 15 is 0 Å². The second-order valence-electron chi connectivity index (χ2n) is 8.35. The van der Waals surface area contributed by atoms with Crippen LogP contribution < -0.4 is 15.0 Å². The Morgan fingerprint density at radius 2 is 1.78 bits per heavy atom. The van der Waals surface area contributed by atoms with Crippen molar-refractivity contribution in [2.24, 2.45) is 0 Å². The molecule has 0 bridgehead atoms. The zero-order valence-electron chi connectivity index (χ0n) is 19.4. The van der Waals surface area contributed by atoms with Gasteiger partial charge in [-0.15, -0.1) is 0 Å². The van der Waals surface area contributed by atoms with Crippen LogP contribution in [0.15, 0.2) is 84.6 Å². The van der Waals surface area contributed by atoms with Crippen LogP contribution in [0.4, 0.5) is 5.69 Å². The van der Waals surface area contributed by atoms with Crippen LogP contribution in [0.5, 0.6) is 5.75 Å². The number of hydrogen-bond donors (Lipinski definition) is 1. The fourth-order valence-corrected chi connectivity index (χ4v) is 4.57. The Morgan fingerprint density at radius 1 is 1.03 bits per heavy atom. The number of benzene rings is 3. The van der Waals surface area contributed by atoms with E-state index in [0.717, 1.165) is 27.8 Å². The lowest BCUT2D eigenvalue weighted by Gasteiger charge is -2.28. The first kappa shape index (κ1) is 23.8. The highest BCUT2D eigenvalue weighted by Crippen LogP contribution is 2.27. The predicted octanol–water partition coefficient (Wildman–Crippen LogP) is 5.51. The molecule has 1 aromatic heterocycles. The molecule has 8 heteroatoms. The van der Waals surface area contributed by atoms with Crippen molar-refractivity contribution in [1.29, 1.82) is 0 Å². The van der Waals surface area contributed by atoms with Gasteiger partial charge in [0, 0.05) is 27.7 Å². The van der Waals surface area contributed by atoms with Gasteiger partial charge in [-0.3, -0.25) is 19.8 Å². The smallest absolute Gasteiger partial charge is 0.270 e. The Morgan fingerprint density at radius 3 is 2.56 bits per heavy atom. The summed E-state index contributed by atoms with van der Waals surface area (Å²) in [6.07, 6.45) is 3.55. The number of nitrogens with zero attached hydrogens (tertiary/aromatic N) is 2. The highest BCUT2D eigenvalue weighted by atomic mass is 35.5. The van der Waals surface area contributed by atoms with Crippen LogP contribution in [0.3, 0.4) is 0 Å². The summed E-state index contributed by atoms with van der Waals surface area (Å²) in [5.41, 5.74) is 3.29. The summed E-state index contributed by atoms with van der Waals surface area (Å²) in [5.74, 6) is -0.235. The topological polar surface area (TPSA) is 63.6 Å². The number of hydrogen-bond acceptors (Lipinski definition) is 4. The van der Waals surface area contributed by atoms with Crippen molar-refractivity contribution in [2.75, 3.05) is 11.5 Å². The summed E-state index contributed by atoms with van der Waals surface area (Å²) < 4.78 is 7.98. The van der Waals surface area contributed by atoms with Gasteiger partial charge in [0.15, 0.2) is 5.11 Å². The first-order chi connectivity index (χ1) is 17.4. The van der Waals surface area contributed by atoms with Crippen LogP contribution in [0.1, 0.15) is 11.1 Å². The van der Waals surface area contributed by atoms with Crippen LogP contribution in [0.25, 0.3) is 17.0 Å². The molecule has 0 unspecified atom stereocenters. The molecule has 3 aromatic carbocycles. The van der Waals surface area contributed by atoms with Crippen LogP contribution >= 0.6 is 23.8 Å². The monoisotopic (exact) mass is 515 g/mol. The number of rotatable bonds is 6. The molecule has 2 heterocycles. The number of amides is 2. The van der Waals surface area contributed by atoms with Crippen LogP contribution in [-0.2, 0) is 16.1 Å². The third kappa shape index (κ3) is 4.63. The van der Waals surface area contributed by atoms with Gasteiger partial charge in [-0.05, 0) is 67.2 Å². The molecule has 1 aliphatic rings. The van der Waals surface area contributed by atoms with Gasteiger partial charge in [-0.1, -0.05) is 48.0 Å². The van der Waals surface area contributed by atoms with Crippen molar-refractivity contribution in [3.8, 4) is 5.75 Å². The molecule has 1 saturated heterocycles. The molecule has 0 radical (unpaired) electrons. The third-order valence-corrected chi connectivity index (χ3v) is 6.67. The predicted molar refractivity (Wildman–Crippen MR) is 146 cm³/mol. The van der Waals surface area contributed by atoms with Gasteiger partial charge in [0.1, 0.15) is 17.9 Å². The van der Waals surface area contributed by atoms with Crippen molar-refractivity contribution in [3.63, 3.8) is 0 Å². The molecular weight excluding hydrogens is 494 g/mol. The Labute approximate surface area is 218 Å². The SMILES string of the molecule is Cc1cc(OCCn2cc(C=C3C(=O)NC(=S)N(c4ccccc4)C3=O)c3ccccc32)ccc1Cl. The summed E-state index contributed by atoms with van der Waals surface area (Å²) in [7, 11) is 0. The molecule has 0 spiro atoms. The van der Waals surface area contributed by atoms with Crippen molar-refractivity contribution < 1.29 is 14.3 Å². The quantitative estimate of drug-likeness (QED) is 0.209. The summed E-state index contributed by atoms with van der Waals surface area (Å²) in [6.45, 7) is 2.94. The number of aromatic nitrogens is 1. The standard InChI is InChI=1S/C28H22ClN3O3S/c1-18-15-21(11-12-24(18)29)35-14-13-31-17-19(22-9-5-6-10-25(22)31)16-23-26(33)30-28(36)32(27(23)34)20-7-3-2-4-8-20/h2-12,15-17H,13-14H2,1H3,(H,30,33,36).